The highest BCUT2D eigenvalue weighted by Crippen LogP contribution is 2.28. The summed E-state index contributed by atoms with van der Waals surface area (Å²) in [6.07, 6.45) is 4.10. The molecule has 1 unspecified atom stereocenters. The van der Waals surface area contributed by atoms with E-state index in [2.05, 4.69) is 10.00 Å². The van der Waals surface area contributed by atoms with E-state index in [1.54, 1.807) is 21.7 Å². The van der Waals surface area contributed by atoms with Crippen LogP contribution in [0.2, 0.25) is 5.02 Å². The van der Waals surface area contributed by atoms with Crippen molar-refractivity contribution in [3.63, 3.8) is 0 Å². The van der Waals surface area contributed by atoms with Crippen LogP contribution in [0.4, 0.5) is 11.4 Å². The molecule has 27 heavy (non-hydrogen) atoms. The van der Waals surface area contributed by atoms with E-state index in [4.69, 9.17) is 11.6 Å². The van der Waals surface area contributed by atoms with Crippen LogP contribution in [0.15, 0.2) is 36.7 Å². The molecule has 2 fully saturated rings. The molecule has 2 aromatic rings. The number of hydrogen-bond donors (Lipinski definition) is 0. The van der Waals surface area contributed by atoms with E-state index in [1.165, 1.54) is 0 Å². The molecule has 1 aromatic carbocycles. The fourth-order valence-corrected chi connectivity index (χ4v) is 3.88. The van der Waals surface area contributed by atoms with Crippen LogP contribution < -0.4 is 9.80 Å². The minimum Gasteiger partial charge on any atom is -0.365 e. The number of halogens is 1. The second kappa shape index (κ2) is 7.23. The molecular formula is C19H22ClN5O2. The standard InChI is InChI=1S/C19H22ClN5O2/c1-22-13-17(11-21-22)23-6-8-24(9-7-23)19(27)14-10-18(26)25(12-14)16-4-2-15(20)3-5-16/h2-5,11,13-14H,6-10,12H2,1H3. The zero-order valence-corrected chi connectivity index (χ0v) is 16.0. The number of aromatic nitrogens is 2. The summed E-state index contributed by atoms with van der Waals surface area (Å²) in [6, 6.07) is 7.16. The Morgan fingerprint density at radius 2 is 1.81 bits per heavy atom. The first-order valence-electron chi connectivity index (χ1n) is 9.09. The Morgan fingerprint density at radius 3 is 2.44 bits per heavy atom. The third-order valence-electron chi connectivity index (χ3n) is 5.26. The number of rotatable bonds is 3. The molecule has 2 amide bonds. The number of piperazine rings is 1. The van der Waals surface area contributed by atoms with E-state index in [9.17, 15) is 9.59 Å². The Balaban J connectivity index is 1.36. The Kier molecular flexibility index (Phi) is 4.78. The van der Waals surface area contributed by atoms with Crippen LogP contribution in [0.3, 0.4) is 0 Å². The van der Waals surface area contributed by atoms with Crippen LogP contribution in [0.25, 0.3) is 0 Å². The number of hydrogen-bond acceptors (Lipinski definition) is 4. The Labute approximate surface area is 163 Å². The summed E-state index contributed by atoms with van der Waals surface area (Å²) in [7, 11) is 1.90. The lowest BCUT2D eigenvalue weighted by molar-refractivity contribution is -0.136. The number of aryl methyl sites for hydroxylation is 1. The average molecular weight is 388 g/mol. The number of anilines is 2. The summed E-state index contributed by atoms with van der Waals surface area (Å²) in [5.74, 6) is -0.214. The van der Waals surface area contributed by atoms with E-state index in [0.717, 1.165) is 24.5 Å². The largest absolute Gasteiger partial charge is 0.365 e. The van der Waals surface area contributed by atoms with E-state index < -0.39 is 0 Å². The van der Waals surface area contributed by atoms with Crippen molar-refractivity contribution in [1.82, 2.24) is 14.7 Å². The van der Waals surface area contributed by atoms with Gasteiger partial charge in [-0.3, -0.25) is 14.3 Å². The molecule has 2 aliphatic heterocycles. The van der Waals surface area contributed by atoms with Gasteiger partial charge in [-0.2, -0.15) is 5.10 Å². The maximum Gasteiger partial charge on any atom is 0.228 e. The topological polar surface area (TPSA) is 61.7 Å². The SMILES string of the molecule is Cn1cc(N2CCN(C(=O)C3CC(=O)N(c4ccc(Cl)cc4)C3)CC2)cn1. The fourth-order valence-electron chi connectivity index (χ4n) is 3.76. The van der Waals surface area contributed by atoms with Gasteiger partial charge >= 0.3 is 0 Å². The summed E-state index contributed by atoms with van der Waals surface area (Å²) in [5.41, 5.74) is 1.87. The maximum absolute atomic E-state index is 12.9. The molecule has 3 heterocycles. The molecule has 0 radical (unpaired) electrons. The van der Waals surface area contributed by atoms with Crippen LogP contribution in [0, 0.1) is 5.92 Å². The average Bonchev–Trinajstić information content (AvgIpc) is 3.28. The predicted octanol–water partition coefficient (Wildman–Crippen LogP) is 1.78. The van der Waals surface area contributed by atoms with Crippen LogP contribution in [-0.2, 0) is 16.6 Å². The molecule has 4 rings (SSSR count). The molecule has 0 saturated carbocycles. The summed E-state index contributed by atoms with van der Waals surface area (Å²) in [6.45, 7) is 3.32. The van der Waals surface area contributed by atoms with Gasteiger partial charge in [0, 0.05) is 63.1 Å². The number of nitrogens with zero attached hydrogens (tertiary/aromatic N) is 5. The van der Waals surface area contributed by atoms with Crippen molar-refractivity contribution >= 4 is 34.8 Å². The zero-order valence-electron chi connectivity index (χ0n) is 15.2. The molecule has 1 atom stereocenters. The highest BCUT2D eigenvalue weighted by atomic mass is 35.5. The molecule has 0 bridgehead atoms. The summed E-state index contributed by atoms with van der Waals surface area (Å²) >= 11 is 5.92. The van der Waals surface area contributed by atoms with Gasteiger partial charge in [0.15, 0.2) is 0 Å². The first-order chi connectivity index (χ1) is 13.0. The molecule has 2 saturated heterocycles. The summed E-state index contributed by atoms with van der Waals surface area (Å²) in [5, 5.41) is 4.83. The molecule has 0 aliphatic carbocycles. The first kappa shape index (κ1) is 17.9. The van der Waals surface area contributed by atoms with Crippen molar-refractivity contribution in [2.24, 2.45) is 13.0 Å². The molecule has 8 heteroatoms. The third kappa shape index (κ3) is 3.64. The van der Waals surface area contributed by atoms with Gasteiger partial charge in [-0.1, -0.05) is 11.6 Å². The van der Waals surface area contributed by atoms with Gasteiger partial charge in [-0.25, -0.2) is 0 Å². The molecule has 142 valence electrons. The van der Waals surface area contributed by atoms with Crippen LogP contribution in [0.5, 0.6) is 0 Å². The second-order valence-corrected chi connectivity index (χ2v) is 7.50. The maximum atomic E-state index is 12.9. The van der Waals surface area contributed by atoms with Crippen molar-refractivity contribution in [2.75, 3.05) is 42.5 Å². The molecule has 0 spiro atoms. The van der Waals surface area contributed by atoms with Gasteiger partial charge in [0.2, 0.25) is 11.8 Å². The van der Waals surface area contributed by atoms with Gasteiger partial charge in [0.1, 0.15) is 0 Å². The smallest absolute Gasteiger partial charge is 0.228 e. The van der Waals surface area contributed by atoms with E-state index in [1.807, 2.05) is 36.5 Å². The van der Waals surface area contributed by atoms with Gasteiger partial charge < -0.3 is 14.7 Å². The first-order valence-corrected chi connectivity index (χ1v) is 9.47. The van der Waals surface area contributed by atoms with E-state index in [0.29, 0.717) is 24.7 Å². The Bertz CT molecular complexity index is 842. The minimum absolute atomic E-state index is 0.00957. The van der Waals surface area contributed by atoms with Crippen LogP contribution in [0.1, 0.15) is 6.42 Å². The van der Waals surface area contributed by atoms with E-state index in [-0.39, 0.29) is 24.2 Å². The summed E-state index contributed by atoms with van der Waals surface area (Å²) < 4.78 is 1.78. The molecular weight excluding hydrogens is 366 g/mol. The van der Waals surface area contributed by atoms with Crippen LogP contribution in [-0.4, -0.2) is 59.2 Å². The van der Waals surface area contributed by atoms with Crippen molar-refractivity contribution < 1.29 is 9.59 Å². The Morgan fingerprint density at radius 1 is 1.11 bits per heavy atom. The highest BCUT2D eigenvalue weighted by molar-refractivity contribution is 6.30. The lowest BCUT2D eigenvalue weighted by Crippen LogP contribution is -2.50. The predicted molar refractivity (Wildman–Crippen MR) is 104 cm³/mol. The summed E-state index contributed by atoms with van der Waals surface area (Å²) in [4.78, 5) is 31.1. The van der Waals surface area contributed by atoms with Gasteiger partial charge in [-0.15, -0.1) is 0 Å². The lowest BCUT2D eigenvalue weighted by Gasteiger charge is -2.36. The monoisotopic (exact) mass is 387 g/mol. The number of benzene rings is 1. The third-order valence-corrected chi connectivity index (χ3v) is 5.51. The van der Waals surface area contributed by atoms with Gasteiger partial charge in [-0.05, 0) is 24.3 Å². The second-order valence-electron chi connectivity index (χ2n) is 7.07. The molecule has 1 aromatic heterocycles. The fraction of sp³-hybridized carbons (Fsp3) is 0.421. The molecule has 0 N–H and O–H groups in total. The van der Waals surface area contributed by atoms with Gasteiger partial charge in [0.25, 0.3) is 0 Å². The van der Waals surface area contributed by atoms with Crippen molar-refractivity contribution in [3.8, 4) is 0 Å². The van der Waals surface area contributed by atoms with Crippen LogP contribution >= 0.6 is 11.6 Å². The number of amides is 2. The lowest BCUT2D eigenvalue weighted by atomic mass is 10.1. The normalized spacial score (nSPS) is 20.4. The zero-order chi connectivity index (χ0) is 19.0. The molecule has 2 aliphatic rings. The quantitative estimate of drug-likeness (QED) is 0.805. The van der Waals surface area contributed by atoms with Crippen molar-refractivity contribution in [1.29, 1.82) is 0 Å². The minimum atomic E-state index is -0.280. The molecule has 7 nitrogen and oxygen atoms in total. The highest BCUT2D eigenvalue weighted by Gasteiger charge is 2.38. The van der Waals surface area contributed by atoms with Crippen molar-refractivity contribution in [3.05, 3.63) is 41.7 Å². The Hall–Kier alpha value is -2.54. The van der Waals surface area contributed by atoms with Crippen molar-refractivity contribution in [2.45, 2.75) is 6.42 Å². The van der Waals surface area contributed by atoms with Gasteiger partial charge in [0.05, 0.1) is 17.8 Å². The van der Waals surface area contributed by atoms with E-state index >= 15 is 0 Å². The number of carbonyl (C=O) groups excluding carboxylic acids is 2. The number of carbonyl (C=O) groups is 2.